The van der Waals surface area contributed by atoms with E-state index < -0.39 is 0 Å². The molecule has 1 heterocycles. The van der Waals surface area contributed by atoms with Crippen molar-refractivity contribution in [3.63, 3.8) is 0 Å². The number of aryl methyl sites for hydroxylation is 1. The predicted octanol–water partition coefficient (Wildman–Crippen LogP) is 2.57. The number of ether oxygens (including phenoxy) is 1. The molecule has 144 valence electrons. The Kier molecular flexibility index (Phi) is 15.3. The lowest BCUT2D eigenvalue weighted by atomic mass is 10.1. The number of aromatic nitrogens is 2. The third-order valence-electron chi connectivity index (χ3n) is 3.54. The Morgan fingerprint density at radius 2 is 1.88 bits per heavy atom. The Hall–Kier alpha value is -1.32. The topological polar surface area (TPSA) is 80.5 Å². The molecule has 0 bridgehead atoms. The molecule has 0 saturated heterocycles. The zero-order chi connectivity index (χ0) is 17.5. The minimum Gasteiger partial charge on any atom is -0.466 e. The van der Waals surface area contributed by atoms with E-state index in [0.29, 0.717) is 13.0 Å². The molecule has 0 saturated carbocycles. The summed E-state index contributed by atoms with van der Waals surface area (Å²) >= 11 is 0. The van der Waals surface area contributed by atoms with Crippen molar-refractivity contribution >= 4 is 35.9 Å². The maximum absolute atomic E-state index is 11.2. The summed E-state index contributed by atoms with van der Waals surface area (Å²) in [6.07, 6.45) is 9.40. The molecule has 0 aliphatic rings. The zero-order valence-corrected chi connectivity index (χ0v) is 17.7. The van der Waals surface area contributed by atoms with Gasteiger partial charge in [-0.05, 0) is 32.3 Å². The number of esters is 1. The second-order valence-electron chi connectivity index (χ2n) is 5.52. The quantitative estimate of drug-likeness (QED) is 0.163. The minimum absolute atomic E-state index is 0. The van der Waals surface area contributed by atoms with E-state index in [-0.39, 0.29) is 29.9 Å². The molecule has 1 aromatic heterocycles. The minimum atomic E-state index is -0.0876. The standard InChI is InChI=1S/C17H31N5O2.HI/c1-3-24-16(23)10-6-4-5-7-11-19-17(18-2)20-12-8-14-22-15-9-13-21-22;/h9,13,15H,3-8,10-12,14H2,1-2H3,(H2,18,19,20);1H. The van der Waals surface area contributed by atoms with E-state index in [4.69, 9.17) is 4.74 Å². The molecule has 0 radical (unpaired) electrons. The first-order valence-electron chi connectivity index (χ1n) is 8.83. The van der Waals surface area contributed by atoms with Gasteiger partial charge in [0.05, 0.1) is 6.61 Å². The Bertz CT molecular complexity index is 466. The van der Waals surface area contributed by atoms with E-state index in [1.807, 2.05) is 23.9 Å². The van der Waals surface area contributed by atoms with Gasteiger partial charge in [0, 0.05) is 45.5 Å². The number of guanidine groups is 1. The summed E-state index contributed by atoms with van der Waals surface area (Å²) < 4.78 is 6.83. The van der Waals surface area contributed by atoms with Crippen LogP contribution >= 0.6 is 24.0 Å². The molecule has 2 N–H and O–H groups in total. The van der Waals surface area contributed by atoms with Crippen molar-refractivity contribution in [3.05, 3.63) is 18.5 Å². The fourth-order valence-electron chi connectivity index (χ4n) is 2.29. The lowest BCUT2D eigenvalue weighted by Gasteiger charge is -2.11. The van der Waals surface area contributed by atoms with E-state index in [9.17, 15) is 4.79 Å². The number of aliphatic imine (C=N–C) groups is 1. The Balaban J connectivity index is 0.00000576. The van der Waals surface area contributed by atoms with Crippen molar-refractivity contribution in [2.24, 2.45) is 4.99 Å². The van der Waals surface area contributed by atoms with Crippen molar-refractivity contribution in [1.82, 2.24) is 20.4 Å². The Labute approximate surface area is 168 Å². The van der Waals surface area contributed by atoms with Gasteiger partial charge in [-0.1, -0.05) is 12.8 Å². The fraction of sp³-hybridized carbons (Fsp3) is 0.706. The first-order chi connectivity index (χ1) is 11.8. The lowest BCUT2D eigenvalue weighted by molar-refractivity contribution is -0.143. The average molecular weight is 465 g/mol. The number of rotatable bonds is 12. The summed E-state index contributed by atoms with van der Waals surface area (Å²) in [6.45, 7) is 4.95. The number of halogens is 1. The van der Waals surface area contributed by atoms with Gasteiger partial charge in [-0.3, -0.25) is 14.5 Å². The van der Waals surface area contributed by atoms with E-state index in [0.717, 1.165) is 57.7 Å². The molecule has 8 heteroatoms. The van der Waals surface area contributed by atoms with Gasteiger partial charge in [0.1, 0.15) is 0 Å². The van der Waals surface area contributed by atoms with Crippen LogP contribution in [0.5, 0.6) is 0 Å². The number of nitrogens with zero attached hydrogens (tertiary/aromatic N) is 3. The van der Waals surface area contributed by atoms with Crippen LogP contribution in [-0.4, -0.2) is 48.5 Å². The third kappa shape index (κ3) is 12.7. The van der Waals surface area contributed by atoms with Gasteiger partial charge in [-0.25, -0.2) is 0 Å². The monoisotopic (exact) mass is 465 g/mol. The number of carbonyl (C=O) groups is 1. The molecule has 0 atom stereocenters. The van der Waals surface area contributed by atoms with Crippen molar-refractivity contribution < 1.29 is 9.53 Å². The van der Waals surface area contributed by atoms with E-state index >= 15 is 0 Å². The summed E-state index contributed by atoms with van der Waals surface area (Å²) in [5, 5.41) is 10.8. The van der Waals surface area contributed by atoms with E-state index in [2.05, 4.69) is 20.7 Å². The molecule has 0 aliphatic carbocycles. The highest BCUT2D eigenvalue weighted by Crippen LogP contribution is 2.03. The smallest absolute Gasteiger partial charge is 0.305 e. The second kappa shape index (κ2) is 16.2. The highest BCUT2D eigenvalue weighted by molar-refractivity contribution is 14.0. The molecule has 0 amide bonds. The van der Waals surface area contributed by atoms with Crippen LogP contribution in [0.15, 0.2) is 23.5 Å². The summed E-state index contributed by atoms with van der Waals surface area (Å²) in [5.74, 6) is 0.748. The number of nitrogens with one attached hydrogen (secondary N) is 2. The highest BCUT2D eigenvalue weighted by Gasteiger charge is 2.01. The van der Waals surface area contributed by atoms with Crippen molar-refractivity contribution in [3.8, 4) is 0 Å². The van der Waals surface area contributed by atoms with Crippen LogP contribution in [0.25, 0.3) is 0 Å². The van der Waals surface area contributed by atoms with Gasteiger partial charge < -0.3 is 15.4 Å². The van der Waals surface area contributed by atoms with Crippen LogP contribution in [0.4, 0.5) is 0 Å². The summed E-state index contributed by atoms with van der Waals surface area (Å²) in [6, 6.07) is 1.93. The van der Waals surface area contributed by atoms with Gasteiger partial charge in [-0.2, -0.15) is 5.10 Å². The molecular formula is C17H32IN5O2. The molecular weight excluding hydrogens is 433 g/mol. The molecule has 0 fully saturated rings. The molecule has 0 aliphatic heterocycles. The Morgan fingerprint density at radius 3 is 2.52 bits per heavy atom. The second-order valence-corrected chi connectivity index (χ2v) is 5.52. The summed E-state index contributed by atoms with van der Waals surface area (Å²) in [5.41, 5.74) is 0. The lowest BCUT2D eigenvalue weighted by Crippen LogP contribution is -2.38. The molecule has 0 spiro atoms. The van der Waals surface area contributed by atoms with Crippen LogP contribution in [-0.2, 0) is 16.1 Å². The number of carbonyl (C=O) groups excluding carboxylic acids is 1. The molecule has 1 aromatic rings. The summed E-state index contributed by atoms with van der Waals surface area (Å²) in [7, 11) is 1.78. The normalized spacial score (nSPS) is 10.9. The largest absolute Gasteiger partial charge is 0.466 e. The van der Waals surface area contributed by atoms with Crippen LogP contribution in [0, 0.1) is 0 Å². The molecule has 7 nitrogen and oxygen atoms in total. The van der Waals surface area contributed by atoms with Gasteiger partial charge in [0.2, 0.25) is 0 Å². The van der Waals surface area contributed by atoms with Crippen LogP contribution in [0.3, 0.4) is 0 Å². The molecule has 1 rings (SSSR count). The van der Waals surface area contributed by atoms with Crippen LogP contribution < -0.4 is 10.6 Å². The van der Waals surface area contributed by atoms with Gasteiger partial charge in [0.15, 0.2) is 5.96 Å². The average Bonchev–Trinajstić information content (AvgIpc) is 3.09. The first-order valence-corrected chi connectivity index (χ1v) is 8.83. The van der Waals surface area contributed by atoms with Gasteiger partial charge >= 0.3 is 5.97 Å². The van der Waals surface area contributed by atoms with Crippen molar-refractivity contribution in [2.75, 3.05) is 26.7 Å². The van der Waals surface area contributed by atoms with E-state index in [1.54, 1.807) is 13.2 Å². The van der Waals surface area contributed by atoms with Crippen molar-refractivity contribution in [1.29, 1.82) is 0 Å². The maximum Gasteiger partial charge on any atom is 0.305 e. The highest BCUT2D eigenvalue weighted by atomic mass is 127. The number of hydrogen-bond acceptors (Lipinski definition) is 4. The maximum atomic E-state index is 11.2. The fourth-order valence-corrected chi connectivity index (χ4v) is 2.29. The SMILES string of the molecule is CCOC(=O)CCCCCCNC(=NC)NCCCn1cccn1.I. The van der Waals surface area contributed by atoms with Crippen LogP contribution in [0.1, 0.15) is 45.4 Å². The van der Waals surface area contributed by atoms with Gasteiger partial charge in [0.25, 0.3) is 0 Å². The predicted molar refractivity (Wildman–Crippen MR) is 111 cm³/mol. The number of unbranched alkanes of at least 4 members (excludes halogenated alkanes) is 3. The third-order valence-corrected chi connectivity index (χ3v) is 3.54. The van der Waals surface area contributed by atoms with Crippen molar-refractivity contribution in [2.45, 2.75) is 52.0 Å². The van der Waals surface area contributed by atoms with Crippen LogP contribution in [0.2, 0.25) is 0 Å². The molecule has 0 unspecified atom stereocenters. The first kappa shape index (κ1) is 23.7. The summed E-state index contributed by atoms with van der Waals surface area (Å²) in [4.78, 5) is 15.4. The Morgan fingerprint density at radius 1 is 1.16 bits per heavy atom. The molecule has 25 heavy (non-hydrogen) atoms. The molecule has 0 aromatic carbocycles. The zero-order valence-electron chi connectivity index (χ0n) is 15.4. The number of hydrogen-bond donors (Lipinski definition) is 2. The van der Waals surface area contributed by atoms with E-state index in [1.165, 1.54) is 0 Å². The van der Waals surface area contributed by atoms with Gasteiger partial charge in [-0.15, -0.1) is 24.0 Å².